The van der Waals surface area contributed by atoms with E-state index in [1.165, 1.54) is 19.3 Å². The van der Waals surface area contributed by atoms with Crippen LogP contribution in [0.2, 0.25) is 0 Å². The summed E-state index contributed by atoms with van der Waals surface area (Å²) in [7, 11) is 0. The Morgan fingerprint density at radius 2 is 1.88 bits per heavy atom. The van der Waals surface area contributed by atoms with Crippen LogP contribution in [-0.2, 0) is 4.79 Å². The van der Waals surface area contributed by atoms with Crippen LogP contribution in [0.4, 0.5) is 0 Å². The van der Waals surface area contributed by atoms with Gasteiger partial charge in [-0.15, -0.1) is 0 Å². The van der Waals surface area contributed by atoms with Crippen LogP contribution in [0.25, 0.3) is 0 Å². The highest BCUT2D eigenvalue weighted by Crippen LogP contribution is 2.13. The Morgan fingerprint density at radius 1 is 1.25 bits per heavy atom. The Morgan fingerprint density at radius 3 is 2.38 bits per heavy atom. The molecule has 0 aromatic heterocycles. The Kier molecular flexibility index (Phi) is 7.44. The first-order valence-electron chi connectivity index (χ1n) is 6.62. The van der Waals surface area contributed by atoms with Gasteiger partial charge in [0.2, 0.25) is 5.91 Å². The van der Waals surface area contributed by atoms with Gasteiger partial charge in [0, 0.05) is 13.0 Å². The summed E-state index contributed by atoms with van der Waals surface area (Å²) >= 11 is 0. The molecule has 0 bridgehead atoms. The van der Waals surface area contributed by atoms with Crippen molar-refractivity contribution in [1.29, 1.82) is 0 Å². The fourth-order valence-electron chi connectivity index (χ4n) is 1.43. The lowest BCUT2D eigenvalue weighted by Gasteiger charge is -2.18. The molecular weight excluding hydrogens is 198 g/mol. The van der Waals surface area contributed by atoms with Gasteiger partial charge in [0.15, 0.2) is 0 Å². The van der Waals surface area contributed by atoms with Crippen LogP contribution in [0.15, 0.2) is 0 Å². The molecule has 0 radical (unpaired) electrons. The van der Waals surface area contributed by atoms with Gasteiger partial charge in [0.05, 0.1) is 0 Å². The van der Waals surface area contributed by atoms with Crippen LogP contribution in [0.5, 0.6) is 0 Å². The number of amides is 1. The van der Waals surface area contributed by atoms with E-state index >= 15 is 0 Å². The summed E-state index contributed by atoms with van der Waals surface area (Å²) < 4.78 is 0. The van der Waals surface area contributed by atoms with E-state index in [2.05, 4.69) is 39.9 Å². The number of hydrogen-bond acceptors (Lipinski definition) is 1. The zero-order valence-electron chi connectivity index (χ0n) is 11.7. The van der Waals surface area contributed by atoms with Crippen LogP contribution >= 0.6 is 0 Å². The first kappa shape index (κ1) is 15.5. The first-order chi connectivity index (χ1) is 7.35. The lowest BCUT2D eigenvalue weighted by molar-refractivity contribution is -0.121. The van der Waals surface area contributed by atoms with Crippen LogP contribution < -0.4 is 5.32 Å². The molecule has 0 rings (SSSR count). The van der Waals surface area contributed by atoms with Gasteiger partial charge < -0.3 is 5.32 Å². The Bertz CT molecular complexity index is 193. The normalized spacial score (nSPS) is 13.6. The molecule has 0 aliphatic carbocycles. The van der Waals surface area contributed by atoms with Gasteiger partial charge in [-0.1, -0.05) is 53.9 Å². The second kappa shape index (κ2) is 7.70. The highest BCUT2D eigenvalue weighted by molar-refractivity contribution is 5.75. The first-order valence-corrected chi connectivity index (χ1v) is 6.62. The highest BCUT2D eigenvalue weighted by Gasteiger charge is 2.11. The zero-order valence-corrected chi connectivity index (χ0v) is 11.7. The molecule has 0 spiro atoms. The molecule has 0 aliphatic rings. The van der Waals surface area contributed by atoms with Crippen molar-refractivity contribution in [2.24, 2.45) is 11.3 Å². The third kappa shape index (κ3) is 10.0. The average Bonchev–Trinajstić information content (AvgIpc) is 2.20. The summed E-state index contributed by atoms with van der Waals surface area (Å²) in [5.41, 5.74) is 0.187. The molecule has 0 aromatic carbocycles. The maximum absolute atomic E-state index is 11.5. The van der Waals surface area contributed by atoms with E-state index in [0.29, 0.717) is 6.42 Å². The Hall–Kier alpha value is -0.530. The van der Waals surface area contributed by atoms with Crippen LogP contribution in [0.1, 0.15) is 66.7 Å². The maximum atomic E-state index is 11.5. The fourth-order valence-corrected chi connectivity index (χ4v) is 1.43. The van der Waals surface area contributed by atoms with Gasteiger partial charge in [-0.3, -0.25) is 4.79 Å². The molecule has 0 heterocycles. The third-order valence-corrected chi connectivity index (χ3v) is 2.86. The minimum absolute atomic E-state index is 0.187. The summed E-state index contributed by atoms with van der Waals surface area (Å²) in [6, 6.07) is 0. The molecule has 1 amide bonds. The summed E-state index contributed by atoms with van der Waals surface area (Å²) in [6.07, 6.45) is 5.39. The number of nitrogens with one attached hydrogen (secondary N) is 1. The van der Waals surface area contributed by atoms with Gasteiger partial charge in [-0.2, -0.15) is 0 Å². The van der Waals surface area contributed by atoms with Crippen molar-refractivity contribution in [3.8, 4) is 0 Å². The van der Waals surface area contributed by atoms with Crippen molar-refractivity contribution in [3.05, 3.63) is 0 Å². The molecule has 0 aromatic rings. The minimum Gasteiger partial charge on any atom is -0.356 e. The van der Waals surface area contributed by atoms with E-state index in [1.807, 2.05) is 0 Å². The van der Waals surface area contributed by atoms with Crippen LogP contribution in [0.3, 0.4) is 0 Å². The smallest absolute Gasteiger partial charge is 0.220 e. The molecular formula is C14H29NO. The van der Waals surface area contributed by atoms with E-state index in [-0.39, 0.29) is 11.3 Å². The molecule has 0 saturated carbocycles. The Balaban J connectivity index is 3.45. The fraction of sp³-hybridized carbons (Fsp3) is 0.929. The number of rotatable bonds is 7. The van der Waals surface area contributed by atoms with Gasteiger partial charge in [-0.05, 0) is 17.8 Å². The van der Waals surface area contributed by atoms with Crippen molar-refractivity contribution < 1.29 is 4.79 Å². The van der Waals surface area contributed by atoms with Crippen LogP contribution in [-0.4, -0.2) is 12.5 Å². The van der Waals surface area contributed by atoms with Crippen molar-refractivity contribution in [2.45, 2.75) is 66.7 Å². The van der Waals surface area contributed by atoms with Crippen LogP contribution in [0, 0.1) is 11.3 Å². The maximum Gasteiger partial charge on any atom is 0.220 e. The summed E-state index contributed by atoms with van der Waals surface area (Å²) in [5, 5.41) is 2.99. The third-order valence-electron chi connectivity index (χ3n) is 2.86. The molecule has 96 valence electrons. The van der Waals surface area contributed by atoms with Crippen molar-refractivity contribution >= 4 is 5.91 Å². The highest BCUT2D eigenvalue weighted by atomic mass is 16.1. The zero-order chi connectivity index (χ0) is 12.6. The van der Waals surface area contributed by atoms with Gasteiger partial charge in [0.25, 0.3) is 0 Å². The second-order valence-electron chi connectivity index (χ2n) is 6.10. The quantitative estimate of drug-likeness (QED) is 0.659. The lowest BCUT2D eigenvalue weighted by Crippen LogP contribution is -2.32. The number of carbonyl (C=O) groups excluding carboxylic acids is 1. The lowest BCUT2D eigenvalue weighted by atomic mass is 9.97. The monoisotopic (exact) mass is 227 g/mol. The number of unbranched alkanes of at least 4 members (excludes halogenated alkanes) is 1. The predicted octanol–water partition coefficient (Wildman–Crippen LogP) is 3.76. The molecule has 2 heteroatoms. The molecule has 2 nitrogen and oxygen atoms in total. The van der Waals surface area contributed by atoms with Gasteiger partial charge in [-0.25, -0.2) is 0 Å². The summed E-state index contributed by atoms with van der Waals surface area (Å²) in [5.74, 6) is 1.01. The Labute approximate surface area is 101 Å². The molecule has 1 N–H and O–H groups in total. The molecule has 0 aliphatic heterocycles. The molecule has 16 heavy (non-hydrogen) atoms. The largest absolute Gasteiger partial charge is 0.356 e. The van der Waals surface area contributed by atoms with E-state index in [1.54, 1.807) is 0 Å². The summed E-state index contributed by atoms with van der Waals surface area (Å²) in [4.78, 5) is 11.5. The topological polar surface area (TPSA) is 29.1 Å². The van der Waals surface area contributed by atoms with Crippen molar-refractivity contribution in [2.75, 3.05) is 6.54 Å². The summed E-state index contributed by atoms with van der Waals surface area (Å²) in [6.45, 7) is 11.7. The van der Waals surface area contributed by atoms with E-state index < -0.39 is 0 Å². The molecule has 0 unspecified atom stereocenters. The number of hydrogen-bond donors (Lipinski definition) is 1. The van der Waals surface area contributed by atoms with E-state index in [9.17, 15) is 4.79 Å². The van der Waals surface area contributed by atoms with Crippen molar-refractivity contribution in [1.82, 2.24) is 5.32 Å². The second-order valence-corrected chi connectivity index (χ2v) is 6.10. The molecule has 0 saturated heterocycles. The van der Waals surface area contributed by atoms with Gasteiger partial charge >= 0.3 is 0 Å². The molecule has 1 atom stereocenters. The van der Waals surface area contributed by atoms with Crippen molar-refractivity contribution in [3.63, 3.8) is 0 Å². The average molecular weight is 227 g/mol. The standard InChI is InChI=1S/C14H29NO/c1-6-12(2)9-7-8-10-13(16)15-11-14(3,4)5/h12H,6-11H2,1-5H3,(H,15,16)/t12-/m1/s1. The number of carbonyl (C=O) groups is 1. The predicted molar refractivity (Wildman–Crippen MR) is 70.4 cm³/mol. The van der Waals surface area contributed by atoms with Gasteiger partial charge in [0.1, 0.15) is 0 Å². The minimum atomic E-state index is 0.187. The van der Waals surface area contributed by atoms with E-state index in [0.717, 1.165) is 18.9 Å². The van der Waals surface area contributed by atoms with E-state index in [4.69, 9.17) is 0 Å². The SMILES string of the molecule is CC[C@@H](C)CCCCC(=O)NCC(C)(C)C. The molecule has 0 fully saturated rings.